The average molecular weight is 222 g/mol. The largest absolute Gasteiger partial charge is 0.469 e. The van der Waals surface area contributed by atoms with Crippen LogP contribution in [0.4, 0.5) is 0 Å². The number of nitrogens with two attached hydrogens (primary N) is 1. The summed E-state index contributed by atoms with van der Waals surface area (Å²) in [5.41, 5.74) is 4.03. The van der Waals surface area contributed by atoms with Gasteiger partial charge in [0.05, 0.1) is 6.26 Å². The Morgan fingerprint density at radius 2 is 2.31 bits per heavy atom. The van der Waals surface area contributed by atoms with Crippen LogP contribution in [0.15, 0.2) is 29.4 Å². The van der Waals surface area contributed by atoms with E-state index in [-0.39, 0.29) is 6.04 Å². The van der Waals surface area contributed by atoms with Crippen LogP contribution in [0.25, 0.3) is 0 Å². The van der Waals surface area contributed by atoms with Crippen molar-refractivity contribution in [3.05, 3.63) is 36.3 Å². The quantitative estimate of drug-likeness (QED) is 0.307. The maximum Gasteiger partial charge on any atom is 0.105 e. The van der Waals surface area contributed by atoms with Gasteiger partial charge in [-0.3, -0.25) is 11.3 Å². The first-order valence-corrected chi connectivity index (χ1v) is 5.90. The molecule has 3 N–H and O–H groups in total. The number of allylic oxidation sites excluding steroid dienone is 1. The molecule has 0 radical (unpaired) electrons. The van der Waals surface area contributed by atoms with Gasteiger partial charge in [-0.25, -0.2) is 0 Å². The SMILES string of the molecule is C=CCCCCCC(NN)c1ccoc1C. The van der Waals surface area contributed by atoms with E-state index in [0.29, 0.717) is 0 Å². The number of unbranched alkanes of at least 4 members (excludes halogenated alkanes) is 3. The average Bonchev–Trinajstić information content (AvgIpc) is 2.70. The lowest BCUT2D eigenvalue weighted by atomic mass is 10.0. The van der Waals surface area contributed by atoms with E-state index in [2.05, 4.69) is 12.0 Å². The third kappa shape index (κ3) is 3.83. The Balaban J connectivity index is 2.33. The van der Waals surface area contributed by atoms with E-state index in [9.17, 15) is 0 Å². The highest BCUT2D eigenvalue weighted by Gasteiger charge is 2.13. The number of rotatable bonds is 8. The monoisotopic (exact) mass is 222 g/mol. The molecule has 0 spiro atoms. The summed E-state index contributed by atoms with van der Waals surface area (Å²) < 4.78 is 5.28. The standard InChI is InChI=1S/C13H22N2O/c1-3-4-5-6-7-8-13(15-14)12-9-10-16-11(12)2/h3,9-10,13,15H,1,4-8,14H2,2H3. The summed E-state index contributed by atoms with van der Waals surface area (Å²) in [7, 11) is 0. The van der Waals surface area contributed by atoms with Crippen LogP contribution in [0.2, 0.25) is 0 Å². The highest BCUT2D eigenvalue weighted by molar-refractivity contribution is 5.19. The molecular weight excluding hydrogens is 200 g/mol. The second kappa shape index (κ2) is 7.25. The number of hydrogen-bond donors (Lipinski definition) is 2. The molecule has 1 unspecified atom stereocenters. The highest BCUT2D eigenvalue weighted by atomic mass is 16.3. The summed E-state index contributed by atoms with van der Waals surface area (Å²) >= 11 is 0. The number of nitrogens with one attached hydrogen (secondary N) is 1. The molecule has 16 heavy (non-hydrogen) atoms. The van der Waals surface area contributed by atoms with Gasteiger partial charge in [-0.05, 0) is 32.3 Å². The zero-order chi connectivity index (χ0) is 11.8. The molecule has 0 aliphatic carbocycles. The minimum atomic E-state index is 0.211. The molecule has 0 amide bonds. The topological polar surface area (TPSA) is 51.2 Å². The molecule has 3 heteroatoms. The molecule has 1 aromatic heterocycles. The smallest absolute Gasteiger partial charge is 0.105 e. The second-order valence-electron chi connectivity index (χ2n) is 4.08. The van der Waals surface area contributed by atoms with E-state index in [1.54, 1.807) is 6.26 Å². The first-order valence-electron chi connectivity index (χ1n) is 5.90. The zero-order valence-corrected chi connectivity index (χ0v) is 10.0. The van der Waals surface area contributed by atoms with Crippen molar-refractivity contribution < 1.29 is 4.42 Å². The maximum absolute atomic E-state index is 5.57. The number of hydrazine groups is 1. The van der Waals surface area contributed by atoms with Crippen molar-refractivity contribution in [2.75, 3.05) is 0 Å². The van der Waals surface area contributed by atoms with Gasteiger partial charge in [0.2, 0.25) is 0 Å². The Bertz CT molecular complexity index is 307. The molecule has 0 aromatic carbocycles. The fourth-order valence-corrected chi connectivity index (χ4v) is 1.90. The van der Waals surface area contributed by atoms with Gasteiger partial charge in [-0.1, -0.05) is 18.9 Å². The van der Waals surface area contributed by atoms with Crippen molar-refractivity contribution in [1.82, 2.24) is 5.43 Å². The molecule has 1 aromatic rings. The molecule has 1 rings (SSSR count). The Morgan fingerprint density at radius 1 is 1.50 bits per heavy atom. The summed E-state index contributed by atoms with van der Waals surface area (Å²) in [4.78, 5) is 0. The molecule has 1 heterocycles. The maximum atomic E-state index is 5.57. The molecule has 0 saturated heterocycles. The summed E-state index contributed by atoms with van der Waals surface area (Å²) in [5.74, 6) is 6.52. The lowest BCUT2D eigenvalue weighted by molar-refractivity contribution is 0.466. The second-order valence-corrected chi connectivity index (χ2v) is 4.08. The summed E-state index contributed by atoms with van der Waals surface area (Å²) in [6.07, 6.45) is 9.45. The van der Waals surface area contributed by atoms with Gasteiger partial charge in [0.1, 0.15) is 5.76 Å². The minimum absolute atomic E-state index is 0.211. The van der Waals surface area contributed by atoms with Gasteiger partial charge < -0.3 is 4.42 Å². The van der Waals surface area contributed by atoms with E-state index in [4.69, 9.17) is 10.3 Å². The Hall–Kier alpha value is -1.06. The Kier molecular flexibility index (Phi) is 5.90. The summed E-state index contributed by atoms with van der Waals surface area (Å²) in [6, 6.07) is 2.20. The lowest BCUT2D eigenvalue weighted by Gasteiger charge is -2.14. The number of furan rings is 1. The van der Waals surface area contributed by atoms with Crippen LogP contribution in [0.5, 0.6) is 0 Å². The van der Waals surface area contributed by atoms with Crippen LogP contribution < -0.4 is 11.3 Å². The van der Waals surface area contributed by atoms with Gasteiger partial charge in [-0.2, -0.15) is 0 Å². The Morgan fingerprint density at radius 3 is 2.88 bits per heavy atom. The predicted molar refractivity (Wildman–Crippen MR) is 66.8 cm³/mol. The zero-order valence-electron chi connectivity index (χ0n) is 10.0. The first-order chi connectivity index (χ1) is 7.79. The lowest BCUT2D eigenvalue weighted by Crippen LogP contribution is -2.28. The molecule has 0 saturated carbocycles. The van der Waals surface area contributed by atoms with Crippen molar-refractivity contribution in [3.63, 3.8) is 0 Å². The minimum Gasteiger partial charge on any atom is -0.469 e. The van der Waals surface area contributed by atoms with Crippen molar-refractivity contribution in [1.29, 1.82) is 0 Å². The molecule has 0 bridgehead atoms. The van der Waals surface area contributed by atoms with Gasteiger partial charge >= 0.3 is 0 Å². The normalized spacial score (nSPS) is 12.6. The van der Waals surface area contributed by atoms with Crippen molar-refractivity contribution in [3.8, 4) is 0 Å². The third-order valence-electron chi connectivity index (χ3n) is 2.88. The van der Waals surface area contributed by atoms with Crippen molar-refractivity contribution >= 4 is 0 Å². The van der Waals surface area contributed by atoms with E-state index >= 15 is 0 Å². The molecule has 0 aliphatic heterocycles. The first kappa shape index (κ1) is 13.0. The fraction of sp³-hybridized carbons (Fsp3) is 0.538. The number of hydrogen-bond acceptors (Lipinski definition) is 3. The van der Waals surface area contributed by atoms with Crippen LogP contribution in [0.1, 0.15) is 49.5 Å². The van der Waals surface area contributed by atoms with E-state index in [0.717, 1.165) is 18.6 Å². The molecule has 3 nitrogen and oxygen atoms in total. The predicted octanol–water partition coefficient (Wildman–Crippen LogP) is 3.23. The van der Waals surface area contributed by atoms with Gasteiger partial charge in [0, 0.05) is 11.6 Å². The van der Waals surface area contributed by atoms with Gasteiger partial charge in [-0.15, -0.1) is 6.58 Å². The van der Waals surface area contributed by atoms with Crippen LogP contribution in [-0.2, 0) is 0 Å². The van der Waals surface area contributed by atoms with Crippen LogP contribution in [-0.4, -0.2) is 0 Å². The third-order valence-corrected chi connectivity index (χ3v) is 2.88. The molecule has 1 atom stereocenters. The Labute approximate surface area is 97.7 Å². The molecular formula is C13H22N2O. The molecule has 90 valence electrons. The van der Waals surface area contributed by atoms with Crippen molar-refractivity contribution in [2.24, 2.45) is 5.84 Å². The van der Waals surface area contributed by atoms with Gasteiger partial charge in [0.25, 0.3) is 0 Å². The van der Waals surface area contributed by atoms with Gasteiger partial charge in [0.15, 0.2) is 0 Å². The van der Waals surface area contributed by atoms with E-state index in [1.807, 2.05) is 19.1 Å². The van der Waals surface area contributed by atoms with Crippen LogP contribution in [0.3, 0.4) is 0 Å². The highest BCUT2D eigenvalue weighted by Crippen LogP contribution is 2.23. The number of aryl methyl sites for hydroxylation is 1. The van der Waals surface area contributed by atoms with Crippen LogP contribution in [0, 0.1) is 6.92 Å². The van der Waals surface area contributed by atoms with Crippen LogP contribution >= 0.6 is 0 Å². The van der Waals surface area contributed by atoms with Crippen molar-refractivity contribution in [2.45, 2.75) is 45.1 Å². The molecule has 0 aliphatic rings. The summed E-state index contributed by atoms with van der Waals surface area (Å²) in [5, 5.41) is 0. The van der Waals surface area contributed by atoms with E-state index in [1.165, 1.54) is 24.8 Å². The van der Waals surface area contributed by atoms with E-state index < -0.39 is 0 Å². The molecule has 0 fully saturated rings. The summed E-state index contributed by atoms with van der Waals surface area (Å²) in [6.45, 7) is 5.69. The fourth-order valence-electron chi connectivity index (χ4n) is 1.90.